The average molecular weight is 265 g/mol. The minimum atomic E-state index is 0.00693. The van der Waals surface area contributed by atoms with Crippen molar-refractivity contribution in [1.82, 2.24) is 10.4 Å². The number of aromatic nitrogens is 1. The number of nitrogens with zero attached hydrogens (tertiary/aromatic N) is 2. The van der Waals surface area contributed by atoms with Crippen molar-refractivity contribution in [3.63, 3.8) is 0 Å². The second-order valence-corrected chi connectivity index (χ2v) is 4.81. The number of rotatable bonds is 4. The van der Waals surface area contributed by atoms with Gasteiger partial charge in [0.15, 0.2) is 0 Å². The van der Waals surface area contributed by atoms with E-state index in [0.29, 0.717) is 0 Å². The van der Waals surface area contributed by atoms with Crippen LogP contribution in [-0.4, -0.2) is 16.6 Å². The van der Waals surface area contributed by atoms with Crippen LogP contribution in [0.25, 0.3) is 0 Å². The largest absolute Gasteiger partial charge is 0.273 e. The Labute approximate surface area is 117 Å². The molecule has 1 heterocycles. The molecule has 0 aliphatic heterocycles. The van der Waals surface area contributed by atoms with Crippen molar-refractivity contribution in [1.29, 1.82) is 0 Å². The maximum absolute atomic E-state index is 11.7. The summed E-state index contributed by atoms with van der Waals surface area (Å²) in [6, 6.07) is 13.6. The quantitative estimate of drug-likeness (QED) is 0.681. The number of benzene rings is 1. The Morgan fingerprint density at radius 3 is 2.35 bits per heavy atom. The van der Waals surface area contributed by atoms with Gasteiger partial charge >= 0.3 is 0 Å². The molecule has 0 spiro atoms. The molecule has 0 saturated heterocycles. The number of carbonyl (C=O) groups excluding carboxylic acids is 1. The van der Waals surface area contributed by atoms with Crippen LogP contribution in [0.2, 0.25) is 0 Å². The van der Waals surface area contributed by atoms with E-state index in [1.807, 2.05) is 42.5 Å². The van der Waals surface area contributed by atoms with E-state index >= 15 is 0 Å². The van der Waals surface area contributed by atoms with Gasteiger partial charge in [-0.3, -0.25) is 9.78 Å². The van der Waals surface area contributed by atoms with Gasteiger partial charge in [-0.05, 0) is 25.0 Å². The number of pyridine rings is 1. The van der Waals surface area contributed by atoms with Gasteiger partial charge in [0.05, 0.1) is 5.71 Å². The van der Waals surface area contributed by atoms with Gasteiger partial charge in [0.25, 0.3) is 0 Å². The van der Waals surface area contributed by atoms with Crippen LogP contribution in [0.3, 0.4) is 0 Å². The summed E-state index contributed by atoms with van der Waals surface area (Å²) in [6.07, 6.45) is 5.38. The van der Waals surface area contributed by atoms with Crippen molar-refractivity contribution in [2.45, 2.75) is 12.8 Å². The minimum absolute atomic E-state index is 0.00693. The Morgan fingerprint density at radius 2 is 1.70 bits per heavy atom. The lowest BCUT2D eigenvalue weighted by Crippen LogP contribution is -2.21. The van der Waals surface area contributed by atoms with Gasteiger partial charge in [0.2, 0.25) is 5.91 Å². The van der Waals surface area contributed by atoms with Gasteiger partial charge in [-0.1, -0.05) is 30.3 Å². The van der Waals surface area contributed by atoms with Crippen molar-refractivity contribution in [3.05, 3.63) is 66.0 Å². The highest BCUT2D eigenvalue weighted by atomic mass is 16.2. The molecule has 1 aliphatic rings. The fraction of sp³-hybridized carbons (Fsp3) is 0.188. The molecular formula is C16H15N3O. The standard InChI is InChI=1S/C16H15N3O/c20-16(14-6-7-14)19-18-15(12-4-2-1-3-5-12)13-8-10-17-11-9-13/h1-5,8-11,14H,6-7H2,(H,19,20)/b18-15+. The Morgan fingerprint density at radius 1 is 1.05 bits per heavy atom. The lowest BCUT2D eigenvalue weighted by molar-refractivity contribution is -0.122. The maximum Gasteiger partial charge on any atom is 0.243 e. The smallest absolute Gasteiger partial charge is 0.243 e. The first-order valence-electron chi connectivity index (χ1n) is 6.68. The van der Waals surface area contributed by atoms with Crippen LogP contribution < -0.4 is 5.43 Å². The third-order valence-corrected chi connectivity index (χ3v) is 3.23. The maximum atomic E-state index is 11.7. The van der Waals surface area contributed by atoms with Gasteiger partial charge in [-0.25, -0.2) is 5.43 Å². The molecule has 4 heteroatoms. The van der Waals surface area contributed by atoms with Crippen LogP contribution >= 0.6 is 0 Å². The van der Waals surface area contributed by atoms with Crippen molar-refractivity contribution < 1.29 is 4.79 Å². The van der Waals surface area contributed by atoms with Gasteiger partial charge in [-0.2, -0.15) is 5.10 Å². The van der Waals surface area contributed by atoms with Crippen molar-refractivity contribution >= 4 is 11.6 Å². The fourth-order valence-electron chi connectivity index (χ4n) is 1.95. The summed E-state index contributed by atoms with van der Waals surface area (Å²) in [4.78, 5) is 15.8. The molecule has 1 aromatic carbocycles. The molecule has 1 aromatic heterocycles. The highest BCUT2D eigenvalue weighted by Crippen LogP contribution is 2.28. The van der Waals surface area contributed by atoms with E-state index in [1.54, 1.807) is 12.4 Å². The zero-order valence-electron chi connectivity index (χ0n) is 11.0. The summed E-state index contributed by atoms with van der Waals surface area (Å²) in [7, 11) is 0. The van der Waals surface area contributed by atoms with Gasteiger partial charge in [0, 0.05) is 29.4 Å². The van der Waals surface area contributed by atoms with E-state index in [4.69, 9.17) is 0 Å². The molecule has 0 atom stereocenters. The van der Waals surface area contributed by atoms with Crippen LogP contribution in [0.5, 0.6) is 0 Å². The van der Waals surface area contributed by atoms with Crippen molar-refractivity contribution in [2.75, 3.05) is 0 Å². The molecule has 20 heavy (non-hydrogen) atoms. The van der Waals surface area contributed by atoms with E-state index in [2.05, 4.69) is 15.5 Å². The van der Waals surface area contributed by atoms with Crippen LogP contribution in [0.4, 0.5) is 0 Å². The SMILES string of the molecule is O=C(N/N=C(\c1ccccc1)c1ccncc1)C1CC1. The molecule has 1 amide bonds. The van der Waals surface area contributed by atoms with E-state index in [9.17, 15) is 4.79 Å². The van der Waals surface area contributed by atoms with Crippen LogP contribution in [0, 0.1) is 5.92 Å². The molecule has 1 saturated carbocycles. The first-order valence-corrected chi connectivity index (χ1v) is 6.68. The summed E-state index contributed by atoms with van der Waals surface area (Å²) in [5.41, 5.74) is 5.32. The molecule has 3 rings (SSSR count). The van der Waals surface area contributed by atoms with Crippen molar-refractivity contribution in [2.24, 2.45) is 11.0 Å². The normalized spacial score (nSPS) is 14.9. The molecule has 4 nitrogen and oxygen atoms in total. The fourth-order valence-corrected chi connectivity index (χ4v) is 1.95. The predicted molar refractivity (Wildman–Crippen MR) is 77.2 cm³/mol. The number of hydrazone groups is 1. The lowest BCUT2D eigenvalue weighted by Gasteiger charge is -2.07. The summed E-state index contributed by atoms with van der Waals surface area (Å²) in [5.74, 6) is 0.153. The van der Waals surface area contributed by atoms with Gasteiger partial charge in [0.1, 0.15) is 0 Å². The summed E-state index contributed by atoms with van der Waals surface area (Å²) < 4.78 is 0. The molecule has 1 aliphatic carbocycles. The zero-order chi connectivity index (χ0) is 13.8. The first kappa shape index (κ1) is 12.5. The van der Waals surface area contributed by atoms with E-state index < -0.39 is 0 Å². The zero-order valence-corrected chi connectivity index (χ0v) is 11.0. The lowest BCUT2D eigenvalue weighted by atomic mass is 10.0. The third kappa shape index (κ3) is 2.91. The highest BCUT2D eigenvalue weighted by Gasteiger charge is 2.29. The second-order valence-electron chi connectivity index (χ2n) is 4.81. The Bertz CT molecular complexity index is 577. The first-order chi connectivity index (χ1) is 9.84. The van der Waals surface area contributed by atoms with E-state index in [-0.39, 0.29) is 11.8 Å². The second kappa shape index (κ2) is 5.65. The Kier molecular flexibility index (Phi) is 3.54. The predicted octanol–water partition coefficient (Wildman–Crippen LogP) is 2.36. The third-order valence-electron chi connectivity index (χ3n) is 3.23. The van der Waals surface area contributed by atoms with Crippen LogP contribution in [0.1, 0.15) is 24.0 Å². The molecular weight excluding hydrogens is 250 g/mol. The minimum Gasteiger partial charge on any atom is -0.273 e. The van der Waals surface area contributed by atoms with Crippen molar-refractivity contribution in [3.8, 4) is 0 Å². The molecule has 1 fully saturated rings. The topological polar surface area (TPSA) is 54.4 Å². The molecule has 100 valence electrons. The number of carbonyl (C=O) groups is 1. The average Bonchev–Trinajstić information content (AvgIpc) is 3.34. The highest BCUT2D eigenvalue weighted by molar-refractivity contribution is 6.13. The Hall–Kier alpha value is -2.49. The molecule has 0 unspecified atom stereocenters. The van der Waals surface area contributed by atoms with E-state index in [0.717, 1.165) is 29.7 Å². The molecule has 0 radical (unpaired) electrons. The molecule has 1 N–H and O–H groups in total. The summed E-state index contributed by atoms with van der Waals surface area (Å²) >= 11 is 0. The summed E-state index contributed by atoms with van der Waals surface area (Å²) in [5, 5.41) is 4.31. The van der Waals surface area contributed by atoms with Gasteiger partial charge in [-0.15, -0.1) is 0 Å². The molecule has 2 aromatic rings. The van der Waals surface area contributed by atoms with Gasteiger partial charge < -0.3 is 0 Å². The Balaban J connectivity index is 1.91. The van der Waals surface area contributed by atoms with E-state index in [1.165, 1.54) is 0 Å². The van der Waals surface area contributed by atoms with Crippen LogP contribution in [0.15, 0.2) is 60.0 Å². The number of nitrogens with one attached hydrogen (secondary N) is 1. The number of amides is 1. The number of hydrogen-bond donors (Lipinski definition) is 1. The summed E-state index contributed by atoms with van der Waals surface area (Å²) in [6.45, 7) is 0. The monoisotopic (exact) mass is 265 g/mol. The number of hydrogen-bond acceptors (Lipinski definition) is 3. The molecule has 0 bridgehead atoms. The van der Waals surface area contributed by atoms with Crippen LogP contribution in [-0.2, 0) is 4.79 Å².